The van der Waals surface area contributed by atoms with Gasteiger partial charge in [0.2, 0.25) is 0 Å². The van der Waals surface area contributed by atoms with Gasteiger partial charge in [-0.1, -0.05) is 133 Å². The van der Waals surface area contributed by atoms with E-state index >= 15 is 0 Å². The average molecular weight is 957 g/mol. The fourth-order valence-electron chi connectivity index (χ4n) is 11.2. The smallest absolute Gasteiger partial charge is 0.119 e. The molecule has 0 unspecified atom stereocenters. The molecule has 0 radical (unpaired) electrons. The lowest BCUT2D eigenvalue weighted by Crippen LogP contribution is -2.12. The van der Waals surface area contributed by atoms with E-state index in [9.17, 15) is 0 Å². The van der Waals surface area contributed by atoms with Crippen LogP contribution >= 0.6 is 0 Å². The van der Waals surface area contributed by atoms with Crippen molar-refractivity contribution in [3.63, 3.8) is 0 Å². The zero-order valence-electron chi connectivity index (χ0n) is 42.7. The molecule has 4 nitrogen and oxygen atoms in total. The second kappa shape index (κ2) is 19.1. The van der Waals surface area contributed by atoms with Gasteiger partial charge in [0.15, 0.2) is 0 Å². The summed E-state index contributed by atoms with van der Waals surface area (Å²) in [6.45, 7) is 8.80. The van der Waals surface area contributed by atoms with E-state index in [1.54, 1.807) is 14.2 Å². The van der Waals surface area contributed by atoms with Gasteiger partial charge in [0.25, 0.3) is 0 Å². The normalized spacial score (nSPS) is 11.4. The van der Waals surface area contributed by atoms with Gasteiger partial charge in [-0.05, 0) is 213 Å². The largest absolute Gasteiger partial charge is 0.497 e. The van der Waals surface area contributed by atoms with E-state index in [0.29, 0.717) is 0 Å². The number of rotatable bonds is 12. The van der Waals surface area contributed by atoms with Gasteiger partial charge >= 0.3 is 0 Å². The van der Waals surface area contributed by atoms with Crippen molar-refractivity contribution in [1.82, 2.24) is 0 Å². The molecule has 4 heteroatoms. The Hall–Kier alpha value is -9.12. The minimum atomic E-state index is 0.808. The summed E-state index contributed by atoms with van der Waals surface area (Å²) < 4.78 is 11.5. The highest BCUT2D eigenvalue weighted by Gasteiger charge is 2.24. The van der Waals surface area contributed by atoms with Crippen molar-refractivity contribution in [1.29, 1.82) is 0 Å². The van der Waals surface area contributed by atoms with Crippen LogP contribution in [0.3, 0.4) is 0 Å². The molecule has 74 heavy (non-hydrogen) atoms. The van der Waals surface area contributed by atoms with Crippen LogP contribution in [0.2, 0.25) is 0 Å². The topological polar surface area (TPSA) is 24.9 Å². The lowest BCUT2D eigenvalue weighted by atomic mass is 9.90. The third kappa shape index (κ3) is 8.25. The summed E-state index contributed by atoms with van der Waals surface area (Å²) in [6.07, 6.45) is 0. The minimum absolute atomic E-state index is 0.808. The first-order valence-corrected chi connectivity index (χ1v) is 25.4. The molecule has 0 bridgehead atoms. The fraction of sp³-hybridized carbons (Fsp3) is 0.0857. The minimum Gasteiger partial charge on any atom is -0.497 e. The lowest BCUT2D eigenvalue weighted by molar-refractivity contribution is 0.414. The van der Waals surface area contributed by atoms with Gasteiger partial charge in [0.05, 0.1) is 25.6 Å². The van der Waals surface area contributed by atoms with Gasteiger partial charge in [-0.2, -0.15) is 0 Å². The molecule has 0 fully saturated rings. The number of hydrogen-bond acceptors (Lipinski definition) is 4. The van der Waals surface area contributed by atoms with Gasteiger partial charge in [-0.15, -0.1) is 0 Å². The summed E-state index contributed by atoms with van der Waals surface area (Å²) in [5, 5.41) is 7.12. The lowest BCUT2D eigenvalue weighted by Gasteiger charge is -2.30. The molecule has 12 rings (SSSR count). The molecule has 12 aromatic rings. The number of ether oxygens (including phenoxy) is 2. The molecule has 0 spiro atoms. The van der Waals surface area contributed by atoms with Crippen molar-refractivity contribution < 1.29 is 9.47 Å². The van der Waals surface area contributed by atoms with E-state index in [2.05, 4.69) is 268 Å². The van der Waals surface area contributed by atoms with Crippen LogP contribution in [-0.2, 0) is 0 Å². The zero-order valence-corrected chi connectivity index (χ0v) is 42.7. The van der Waals surface area contributed by atoms with E-state index in [1.807, 2.05) is 0 Å². The molecule has 0 heterocycles. The van der Waals surface area contributed by atoms with Crippen molar-refractivity contribution in [2.24, 2.45) is 0 Å². The van der Waals surface area contributed by atoms with Crippen LogP contribution < -0.4 is 19.3 Å². The van der Waals surface area contributed by atoms with Crippen LogP contribution in [0.5, 0.6) is 11.5 Å². The third-order valence-electron chi connectivity index (χ3n) is 14.9. The Kier molecular flexibility index (Phi) is 11.9. The molecule has 0 aliphatic carbocycles. The predicted molar refractivity (Wildman–Crippen MR) is 313 cm³/mol. The molecule has 0 saturated heterocycles. The van der Waals surface area contributed by atoms with E-state index in [4.69, 9.17) is 9.47 Å². The molecule has 358 valence electrons. The second-order valence-corrected chi connectivity index (χ2v) is 19.5. The predicted octanol–water partition coefficient (Wildman–Crippen LogP) is 19.4. The molecule has 0 amide bonds. The highest BCUT2D eigenvalue weighted by molar-refractivity contribution is 6.28. The Labute approximate surface area is 434 Å². The SMILES string of the molecule is COc1ccc(N(c2cc(-c3ccccc3C)cc(-c3ccccc3C)c2)c2ccc3ccc4c(N(c5ccc(OC)cc5)c5cc(-c6ccccc6C)cc(-c6ccccc6C)c5)ccc5ccc2c3c54)cc1. The highest BCUT2D eigenvalue weighted by atomic mass is 16.5. The quantitative estimate of drug-likeness (QED) is 0.114. The summed E-state index contributed by atoms with van der Waals surface area (Å²) in [5.41, 5.74) is 20.7. The van der Waals surface area contributed by atoms with E-state index in [-0.39, 0.29) is 0 Å². The van der Waals surface area contributed by atoms with E-state index in [1.165, 1.54) is 66.1 Å². The van der Waals surface area contributed by atoms with Crippen molar-refractivity contribution in [3.8, 4) is 56.0 Å². The van der Waals surface area contributed by atoms with Crippen LogP contribution in [-0.4, -0.2) is 14.2 Å². The third-order valence-corrected chi connectivity index (χ3v) is 14.9. The zero-order chi connectivity index (χ0) is 50.5. The molecule has 0 aromatic heterocycles. The Balaban J connectivity index is 1.12. The standard InChI is InChI=1S/C70H56N2O2/c1-45-15-7-11-19-61(45)51-39-52(62-20-12-8-16-46(62)2)42-57(41-51)71(55-27-31-59(73-5)32-28-55)67-37-25-49-24-36-66-68(38-26-50-23-35-65(67)69(49)70(50)66)72(56-29-33-60(74-6)34-30-56)58-43-53(63-21-13-9-17-47(63)3)40-54(44-58)64-22-14-10-18-48(64)4/h7-44H,1-6H3. The van der Waals surface area contributed by atoms with Crippen LogP contribution in [0.4, 0.5) is 34.1 Å². The Morgan fingerprint density at radius 1 is 0.284 bits per heavy atom. The van der Waals surface area contributed by atoms with Gasteiger partial charge in [0, 0.05) is 33.5 Å². The van der Waals surface area contributed by atoms with Gasteiger partial charge in [0.1, 0.15) is 11.5 Å². The van der Waals surface area contributed by atoms with Gasteiger partial charge in [-0.25, -0.2) is 0 Å². The van der Waals surface area contributed by atoms with Crippen LogP contribution in [0, 0.1) is 27.7 Å². The van der Waals surface area contributed by atoms with Crippen LogP contribution in [0.1, 0.15) is 22.3 Å². The molecular weight excluding hydrogens is 901 g/mol. The Bertz CT molecular complexity index is 3650. The van der Waals surface area contributed by atoms with E-state index < -0.39 is 0 Å². The number of nitrogens with zero attached hydrogens (tertiary/aromatic N) is 2. The molecular formula is C70H56N2O2. The first kappa shape index (κ1) is 46.0. The van der Waals surface area contributed by atoms with Crippen molar-refractivity contribution >= 4 is 66.4 Å². The monoisotopic (exact) mass is 956 g/mol. The van der Waals surface area contributed by atoms with Crippen LogP contribution in [0.15, 0.2) is 231 Å². The van der Waals surface area contributed by atoms with Gasteiger partial charge in [-0.3, -0.25) is 0 Å². The fourth-order valence-corrected chi connectivity index (χ4v) is 11.2. The maximum atomic E-state index is 5.73. The summed E-state index contributed by atoms with van der Waals surface area (Å²) in [6, 6.07) is 84.3. The Morgan fingerprint density at radius 2 is 0.581 bits per heavy atom. The van der Waals surface area contributed by atoms with Crippen molar-refractivity contribution in [3.05, 3.63) is 253 Å². The first-order chi connectivity index (χ1) is 36.2. The average Bonchev–Trinajstić information content (AvgIpc) is 3.46. The molecule has 0 aliphatic rings. The maximum Gasteiger partial charge on any atom is 0.119 e. The molecule has 0 atom stereocenters. The summed E-state index contributed by atoms with van der Waals surface area (Å²) in [4.78, 5) is 4.87. The number of aryl methyl sites for hydroxylation is 4. The molecule has 0 N–H and O–H groups in total. The van der Waals surface area contributed by atoms with Crippen LogP contribution in [0.25, 0.3) is 76.8 Å². The Morgan fingerprint density at radius 3 is 0.878 bits per heavy atom. The van der Waals surface area contributed by atoms with Crippen molar-refractivity contribution in [2.45, 2.75) is 27.7 Å². The number of anilines is 6. The summed E-state index contributed by atoms with van der Waals surface area (Å²) in [5.74, 6) is 1.62. The van der Waals surface area contributed by atoms with Gasteiger partial charge < -0.3 is 19.3 Å². The van der Waals surface area contributed by atoms with Crippen molar-refractivity contribution in [2.75, 3.05) is 24.0 Å². The summed E-state index contributed by atoms with van der Waals surface area (Å²) in [7, 11) is 3.45. The maximum absolute atomic E-state index is 5.73. The molecule has 12 aromatic carbocycles. The highest BCUT2D eigenvalue weighted by Crippen LogP contribution is 2.50. The number of benzene rings is 12. The number of methoxy groups -OCH3 is 2. The summed E-state index contributed by atoms with van der Waals surface area (Å²) >= 11 is 0. The first-order valence-electron chi connectivity index (χ1n) is 25.4. The number of hydrogen-bond donors (Lipinski definition) is 0. The molecule has 0 aliphatic heterocycles. The van der Waals surface area contributed by atoms with E-state index in [0.717, 1.165) is 78.6 Å². The molecule has 0 saturated carbocycles. The second-order valence-electron chi connectivity index (χ2n) is 19.5.